The summed E-state index contributed by atoms with van der Waals surface area (Å²) in [5.41, 5.74) is 0.545. The standard InChI is InChI=1S/C17H25FN2O2/c1-17(2,3)22-16(21)20-15-6-4-5-14(15)19-11-12-7-9-13(18)10-8-12/h7-10,14-15,19H,4-6,11H2,1-3H3,(H,20,21). The maximum atomic E-state index is 12.9. The Morgan fingerprint density at radius 2 is 1.86 bits per heavy atom. The van der Waals surface area contributed by atoms with Gasteiger partial charge < -0.3 is 15.4 Å². The van der Waals surface area contributed by atoms with Crippen LogP contribution in [0, 0.1) is 5.82 Å². The summed E-state index contributed by atoms with van der Waals surface area (Å²) in [5, 5.41) is 6.39. The van der Waals surface area contributed by atoms with Crippen LogP contribution in [-0.4, -0.2) is 23.8 Å². The Hall–Kier alpha value is -1.62. The molecule has 0 radical (unpaired) electrons. The molecule has 1 aliphatic rings. The van der Waals surface area contributed by atoms with Crippen LogP contribution in [0.2, 0.25) is 0 Å². The Morgan fingerprint density at radius 1 is 1.23 bits per heavy atom. The van der Waals surface area contributed by atoms with Crippen LogP contribution in [0.15, 0.2) is 24.3 Å². The van der Waals surface area contributed by atoms with Crippen molar-refractivity contribution in [3.05, 3.63) is 35.6 Å². The molecular formula is C17H25FN2O2. The molecule has 0 aromatic heterocycles. The highest BCUT2D eigenvalue weighted by Crippen LogP contribution is 2.20. The average Bonchev–Trinajstić information content (AvgIpc) is 2.83. The topological polar surface area (TPSA) is 50.4 Å². The molecule has 0 saturated heterocycles. The molecule has 4 nitrogen and oxygen atoms in total. The lowest BCUT2D eigenvalue weighted by Crippen LogP contribution is -2.47. The van der Waals surface area contributed by atoms with E-state index < -0.39 is 5.60 Å². The van der Waals surface area contributed by atoms with Gasteiger partial charge in [-0.15, -0.1) is 0 Å². The van der Waals surface area contributed by atoms with Crippen molar-refractivity contribution in [1.82, 2.24) is 10.6 Å². The van der Waals surface area contributed by atoms with Gasteiger partial charge in [-0.05, 0) is 57.7 Å². The molecule has 2 N–H and O–H groups in total. The number of hydrogen-bond donors (Lipinski definition) is 2. The Labute approximate surface area is 131 Å². The Morgan fingerprint density at radius 3 is 2.50 bits per heavy atom. The number of alkyl carbamates (subject to hydrolysis) is 1. The first-order valence-corrected chi connectivity index (χ1v) is 7.81. The molecule has 0 bridgehead atoms. The fourth-order valence-corrected chi connectivity index (χ4v) is 2.69. The first-order chi connectivity index (χ1) is 10.3. The van der Waals surface area contributed by atoms with Gasteiger partial charge in [0.15, 0.2) is 0 Å². The van der Waals surface area contributed by atoms with Crippen molar-refractivity contribution >= 4 is 6.09 Å². The molecule has 2 unspecified atom stereocenters. The summed E-state index contributed by atoms with van der Waals surface area (Å²) in [6, 6.07) is 6.76. The number of rotatable bonds is 4. The van der Waals surface area contributed by atoms with E-state index in [1.54, 1.807) is 12.1 Å². The van der Waals surface area contributed by atoms with Gasteiger partial charge in [-0.3, -0.25) is 0 Å². The fraction of sp³-hybridized carbons (Fsp3) is 0.588. The summed E-state index contributed by atoms with van der Waals surface area (Å²) >= 11 is 0. The van der Waals surface area contributed by atoms with Gasteiger partial charge in [-0.1, -0.05) is 12.1 Å². The Bertz CT molecular complexity index is 496. The van der Waals surface area contributed by atoms with E-state index in [1.807, 2.05) is 20.8 Å². The van der Waals surface area contributed by atoms with Crippen LogP contribution in [0.1, 0.15) is 45.6 Å². The predicted molar refractivity (Wildman–Crippen MR) is 84.0 cm³/mol. The second-order valence-corrected chi connectivity index (χ2v) is 6.80. The van der Waals surface area contributed by atoms with Gasteiger partial charge in [0, 0.05) is 18.6 Å². The minimum absolute atomic E-state index is 0.0790. The van der Waals surface area contributed by atoms with Crippen molar-refractivity contribution in [3.63, 3.8) is 0 Å². The number of carbonyl (C=O) groups excluding carboxylic acids is 1. The van der Waals surface area contributed by atoms with Crippen LogP contribution >= 0.6 is 0 Å². The molecule has 1 aromatic rings. The largest absolute Gasteiger partial charge is 0.444 e. The first kappa shape index (κ1) is 16.7. The highest BCUT2D eigenvalue weighted by molar-refractivity contribution is 5.68. The third-order valence-electron chi connectivity index (χ3n) is 3.70. The zero-order valence-corrected chi connectivity index (χ0v) is 13.5. The van der Waals surface area contributed by atoms with Gasteiger partial charge in [0.1, 0.15) is 11.4 Å². The van der Waals surface area contributed by atoms with Crippen LogP contribution in [0.4, 0.5) is 9.18 Å². The van der Waals surface area contributed by atoms with Gasteiger partial charge in [-0.25, -0.2) is 9.18 Å². The number of hydrogen-bond acceptors (Lipinski definition) is 3. The Kier molecular flexibility index (Phi) is 5.40. The molecule has 1 aliphatic carbocycles. The summed E-state index contributed by atoms with van der Waals surface area (Å²) in [5.74, 6) is -0.228. The molecule has 1 aromatic carbocycles. The first-order valence-electron chi connectivity index (χ1n) is 7.81. The van der Waals surface area contributed by atoms with E-state index in [0.717, 1.165) is 24.8 Å². The highest BCUT2D eigenvalue weighted by atomic mass is 19.1. The van der Waals surface area contributed by atoms with Crippen molar-refractivity contribution in [1.29, 1.82) is 0 Å². The van der Waals surface area contributed by atoms with Crippen molar-refractivity contribution in [2.75, 3.05) is 0 Å². The highest BCUT2D eigenvalue weighted by Gasteiger charge is 2.29. The SMILES string of the molecule is CC(C)(C)OC(=O)NC1CCCC1NCc1ccc(F)cc1. The molecule has 2 atom stereocenters. The summed E-state index contributed by atoms with van der Waals surface area (Å²) in [7, 11) is 0. The van der Waals surface area contributed by atoms with E-state index in [2.05, 4.69) is 10.6 Å². The van der Waals surface area contributed by atoms with E-state index in [1.165, 1.54) is 12.1 Å². The summed E-state index contributed by atoms with van der Waals surface area (Å²) in [6.07, 6.45) is 2.66. The number of ether oxygens (including phenoxy) is 1. The summed E-state index contributed by atoms with van der Waals surface area (Å²) in [4.78, 5) is 11.9. The third-order valence-corrected chi connectivity index (χ3v) is 3.70. The summed E-state index contributed by atoms with van der Waals surface area (Å²) in [6.45, 7) is 6.22. The lowest BCUT2D eigenvalue weighted by molar-refractivity contribution is 0.0498. The van der Waals surface area contributed by atoms with E-state index >= 15 is 0 Å². The monoisotopic (exact) mass is 308 g/mol. The van der Waals surface area contributed by atoms with Crippen molar-refractivity contribution in [2.24, 2.45) is 0 Å². The lowest BCUT2D eigenvalue weighted by Gasteiger charge is -2.25. The van der Waals surface area contributed by atoms with Crippen molar-refractivity contribution in [3.8, 4) is 0 Å². The second kappa shape index (κ2) is 7.09. The van der Waals surface area contributed by atoms with Gasteiger partial charge in [0.05, 0.1) is 0 Å². The molecule has 122 valence electrons. The predicted octanol–water partition coefficient (Wildman–Crippen LogP) is 3.36. The smallest absolute Gasteiger partial charge is 0.407 e. The molecule has 0 heterocycles. The van der Waals surface area contributed by atoms with Crippen molar-refractivity contribution in [2.45, 2.75) is 64.3 Å². The minimum atomic E-state index is -0.486. The molecule has 2 rings (SSSR count). The van der Waals surface area contributed by atoms with E-state index in [4.69, 9.17) is 4.74 Å². The number of benzene rings is 1. The molecule has 1 amide bonds. The van der Waals surface area contributed by atoms with Crippen LogP contribution in [0.5, 0.6) is 0 Å². The summed E-state index contributed by atoms with van der Waals surface area (Å²) < 4.78 is 18.2. The quantitative estimate of drug-likeness (QED) is 0.896. The molecule has 0 aliphatic heterocycles. The molecule has 1 saturated carbocycles. The van der Waals surface area contributed by atoms with Gasteiger partial charge in [0.2, 0.25) is 0 Å². The second-order valence-electron chi connectivity index (χ2n) is 6.80. The molecule has 22 heavy (non-hydrogen) atoms. The zero-order chi connectivity index (χ0) is 16.2. The van der Waals surface area contributed by atoms with Crippen molar-refractivity contribution < 1.29 is 13.9 Å². The molecular weight excluding hydrogens is 283 g/mol. The minimum Gasteiger partial charge on any atom is -0.444 e. The van der Waals surface area contributed by atoms with Crippen LogP contribution in [0.25, 0.3) is 0 Å². The van der Waals surface area contributed by atoms with E-state index in [-0.39, 0.29) is 24.0 Å². The third kappa shape index (κ3) is 5.30. The van der Waals surface area contributed by atoms with Gasteiger partial charge in [-0.2, -0.15) is 0 Å². The lowest BCUT2D eigenvalue weighted by atomic mass is 10.1. The fourth-order valence-electron chi connectivity index (χ4n) is 2.69. The zero-order valence-electron chi connectivity index (χ0n) is 13.5. The number of nitrogens with one attached hydrogen (secondary N) is 2. The maximum absolute atomic E-state index is 12.9. The molecule has 0 spiro atoms. The molecule has 5 heteroatoms. The van der Waals surface area contributed by atoms with Crippen LogP contribution in [-0.2, 0) is 11.3 Å². The van der Waals surface area contributed by atoms with E-state index in [0.29, 0.717) is 6.54 Å². The van der Waals surface area contributed by atoms with Crippen LogP contribution < -0.4 is 10.6 Å². The number of carbonyl (C=O) groups is 1. The average molecular weight is 308 g/mol. The van der Waals surface area contributed by atoms with Crippen LogP contribution in [0.3, 0.4) is 0 Å². The van der Waals surface area contributed by atoms with E-state index in [9.17, 15) is 9.18 Å². The Balaban J connectivity index is 1.82. The number of halogens is 1. The normalized spacial score (nSPS) is 21.6. The number of amides is 1. The molecule has 1 fully saturated rings. The maximum Gasteiger partial charge on any atom is 0.407 e. The van der Waals surface area contributed by atoms with Gasteiger partial charge >= 0.3 is 6.09 Å². The van der Waals surface area contributed by atoms with Gasteiger partial charge in [0.25, 0.3) is 0 Å².